The number of aliphatic hydroxyl groups is 1. The minimum Gasteiger partial charge on any atom is -0.496 e. The van der Waals surface area contributed by atoms with E-state index < -0.39 is 5.60 Å². The van der Waals surface area contributed by atoms with Crippen LogP contribution in [0.5, 0.6) is 5.75 Å². The highest BCUT2D eigenvalue weighted by Crippen LogP contribution is 2.38. The number of nitrogens with zero attached hydrogens (tertiary/aromatic N) is 3. The Hall–Kier alpha value is -2.63. The number of benzene rings is 2. The lowest BCUT2D eigenvalue weighted by atomic mass is 9.84. The van der Waals surface area contributed by atoms with Gasteiger partial charge in [0.25, 0.3) is 0 Å². The fourth-order valence-electron chi connectivity index (χ4n) is 4.01. The fraction of sp³-hybridized carbons (Fsp3) is 0.348. The number of ether oxygens (including phenoxy) is 1. The highest BCUT2D eigenvalue weighted by Gasteiger charge is 2.36. The van der Waals surface area contributed by atoms with Crippen molar-refractivity contribution < 1.29 is 9.84 Å². The summed E-state index contributed by atoms with van der Waals surface area (Å²) in [7, 11) is 1.66. The van der Waals surface area contributed by atoms with Crippen LogP contribution in [-0.2, 0) is 18.7 Å². The first-order chi connectivity index (χ1) is 13.7. The molecule has 0 radical (unpaired) electrons. The van der Waals surface area contributed by atoms with Gasteiger partial charge in [0.15, 0.2) is 0 Å². The van der Waals surface area contributed by atoms with Gasteiger partial charge in [-0.05, 0) is 24.5 Å². The van der Waals surface area contributed by atoms with Crippen LogP contribution in [0.4, 0.5) is 0 Å². The maximum atomic E-state index is 11.2. The van der Waals surface area contributed by atoms with Gasteiger partial charge in [0.1, 0.15) is 5.75 Å². The van der Waals surface area contributed by atoms with Crippen molar-refractivity contribution in [3.63, 3.8) is 0 Å². The molecule has 0 unspecified atom stereocenters. The lowest BCUT2D eigenvalue weighted by molar-refractivity contribution is -0.0296. The number of hydrogen-bond acceptors (Lipinski definition) is 4. The Morgan fingerprint density at radius 3 is 2.46 bits per heavy atom. The van der Waals surface area contributed by atoms with E-state index in [1.807, 2.05) is 42.9 Å². The number of hydrogen-bond donors (Lipinski definition) is 1. The van der Waals surface area contributed by atoms with E-state index in [0.717, 1.165) is 37.5 Å². The zero-order valence-corrected chi connectivity index (χ0v) is 16.3. The fourth-order valence-corrected chi connectivity index (χ4v) is 4.01. The van der Waals surface area contributed by atoms with Crippen LogP contribution in [0.15, 0.2) is 67.1 Å². The number of methoxy groups -OCH3 is 1. The summed E-state index contributed by atoms with van der Waals surface area (Å²) >= 11 is 0. The summed E-state index contributed by atoms with van der Waals surface area (Å²) in [5.74, 6) is 0.763. The van der Waals surface area contributed by atoms with Gasteiger partial charge in [-0.25, -0.2) is 4.98 Å². The van der Waals surface area contributed by atoms with E-state index in [1.54, 1.807) is 7.11 Å². The maximum Gasteiger partial charge on any atom is 0.124 e. The molecule has 2 aromatic carbocycles. The molecule has 28 heavy (non-hydrogen) atoms. The highest BCUT2D eigenvalue weighted by molar-refractivity contribution is 5.38. The molecule has 4 rings (SSSR count). The van der Waals surface area contributed by atoms with Crippen molar-refractivity contribution in [2.75, 3.05) is 20.2 Å². The topological polar surface area (TPSA) is 50.5 Å². The Morgan fingerprint density at radius 1 is 1.00 bits per heavy atom. The molecule has 5 nitrogen and oxygen atoms in total. The molecule has 2 heterocycles. The van der Waals surface area contributed by atoms with Gasteiger partial charge in [-0.2, -0.15) is 0 Å². The smallest absolute Gasteiger partial charge is 0.124 e. The van der Waals surface area contributed by atoms with Crippen LogP contribution in [0.25, 0.3) is 0 Å². The van der Waals surface area contributed by atoms with Crippen LogP contribution < -0.4 is 4.74 Å². The van der Waals surface area contributed by atoms with Crippen LogP contribution in [0.1, 0.15) is 29.7 Å². The molecule has 1 aliphatic heterocycles. The minimum absolute atomic E-state index is 0.695. The number of likely N-dealkylation sites (tertiary alicyclic amines) is 1. The minimum atomic E-state index is -0.826. The lowest BCUT2D eigenvalue weighted by Gasteiger charge is -2.39. The second-order valence-corrected chi connectivity index (χ2v) is 7.51. The molecule has 1 aromatic heterocycles. The van der Waals surface area contributed by atoms with Crippen molar-refractivity contribution in [1.82, 2.24) is 14.5 Å². The van der Waals surface area contributed by atoms with Gasteiger partial charge in [-0.3, -0.25) is 4.90 Å². The van der Waals surface area contributed by atoms with Gasteiger partial charge < -0.3 is 14.4 Å². The molecule has 1 N–H and O–H groups in total. The van der Waals surface area contributed by atoms with E-state index in [-0.39, 0.29) is 0 Å². The van der Waals surface area contributed by atoms with Crippen LogP contribution in [0.3, 0.4) is 0 Å². The maximum absolute atomic E-state index is 11.2. The average molecular weight is 377 g/mol. The van der Waals surface area contributed by atoms with Gasteiger partial charge in [0.05, 0.1) is 24.7 Å². The first-order valence-corrected chi connectivity index (χ1v) is 9.79. The third-order valence-corrected chi connectivity index (χ3v) is 5.67. The van der Waals surface area contributed by atoms with Crippen LogP contribution in [0, 0.1) is 0 Å². The van der Waals surface area contributed by atoms with Gasteiger partial charge in [-0.1, -0.05) is 48.5 Å². The van der Waals surface area contributed by atoms with Crippen molar-refractivity contribution >= 4 is 0 Å². The van der Waals surface area contributed by atoms with Crippen molar-refractivity contribution in [3.8, 4) is 5.75 Å². The van der Waals surface area contributed by atoms with Gasteiger partial charge >= 0.3 is 0 Å². The number of para-hydroxylation sites is 1. The van der Waals surface area contributed by atoms with Crippen LogP contribution >= 0.6 is 0 Å². The molecule has 146 valence electrons. The number of imidazole rings is 1. The molecule has 1 aliphatic rings. The summed E-state index contributed by atoms with van der Waals surface area (Å²) in [5, 5.41) is 11.2. The molecule has 5 heteroatoms. The lowest BCUT2D eigenvalue weighted by Crippen LogP contribution is -2.42. The summed E-state index contributed by atoms with van der Waals surface area (Å²) in [4.78, 5) is 6.74. The van der Waals surface area contributed by atoms with Gasteiger partial charge in [0.2, 0.25) is 0 Å². The summed E-state index contributed by atoms with van der Waals surface area (Å²) < 4.78 is 7.67. The Bertz CT molecular complexity index is 899. The monoisotopic (exact) mass is 377 g/mol. The van der Waals surface area contributed by atoms with E-state index in [1.165, 1.54) is 11.3 Å². The molecule has 0 aliphatic carbocycles. The SMILES string of the molecule is COc1ccccc1C1(O)CCN(Cc2cncn2Cc2ccccc2)CC1. The van der Waals surface area contributed by atoms with E-state index in [4.69, 9.17) is 4.74 Å². The predicted molar refractivity (Wildman–Crippen MR) is 109 cm³/mol. The molecule has 0 atom stereocenters. The van der Waals surface area contributed by atoms with Crippen molar-refractivity contribution in [3.05, 3.63) is 83.9 Å². The van der Waals surface area contributed by atoms with Gasteiger partial charge in [-0.15, -0.1) is 0 Å². The van der Waals surface area contributed by atoms with E-state index >= 15 is 0 Å². The molecule has 1 saturated heterocycles. The van der Waals surface area contributed by atoms with E-state index in [9.17, 15) is 5.11 Å². The number of piperidine rings is 1. The zero-order valence-electron chi connectivity index (χ0n) is 16.3. The van der Waals surface area contributed by atoms with Gasteiger partial charge in [0, 0.05) is 37.9 Å². The van der Waals surface area contributed by atoms with E-state index in [0.29, 0.717) is 12.8 Å². The third kappa shape index (κ3) is 3.96. The second-order valence-electron chi connectivity index (χ2n) is 7.51. The largest absolute Gasteiger partial charge is 0.496 e. The number of rotatable bonds is 6. The van der Waals surface area contributed by atoms with Crippen molar-refractivity contribution in [1.29, 1.82) is 0 Å². The van der Waals surface area contributed by atoms with Crippen LogP contribution in [-0.4, -0.2) is 39.8 Å². The first kappa shape index (κ1) is 18.7. The predicted octanol–water partition coefficient (Wildman–Crippen LogP) is 3.42. The quantitative estimate of drug-likeness (QED) is 0.715. The highest BCUT2D eigenvalue weighted by atomic mass is 16.5. The third-order valence-electron chi connectivity index (χ3n) is 5.67. The molecule has 3 aromatic rings. The summed E-state index contributed by atoms with van der Waals surface area (Å²) in [6.07, 6.45) is 5.24. The van der Waals surface area contributed by atoms with E-state index in [2.05, 4.69) is 38.7 Å². The molecule has 0 saturated carbocycles. The standard InChI is InChI=1S/C23H27N3O2/c1-28-22-10-6-5-9-21(22)23(27)11-13-25(14-12-23)17-20-15-24-18-26(20)16-19-7-3-2-4-8-19/h2-10,15,18,27H,11-14,16-17H2,1H3. The normalized spacial score (nSPS) is 16.8. The average Bonchev–Trinajstić information content (AvgIpc) is 3.17. The van der Waals surface area contributed by atoms with Crippen LogP contribution in [0.2, 0.25) is 0 Å². The van der Waals surface area contributed by atoms with Crippen molar-refractivity contribution in [2.45, 2.75) is 31.5 Å². The van der Waals surface area contributed by atoms with Crippen molar-refractivity contribution in [2.24, 2.45) is 0 Å². The molecule has 1 fully saturated rings. The zero-order chi connectivity index (χ0) is 19.4. The number of aromatic nitrogens is 2. The molecule has 0 amide bonds. The Kier molecular flexibility index (Phi) is 5.46. The second kappa shape index (κ2) is 8.17. The summed E-state index contributed by atoms with van der Waals surface area (Å²) in [6.45, 7) is 3.35. The summed E-state index contributed by atoms with van der Waals surface area (Å²) in [5.41, 5.74) is 2.54. The molecule has 0 bridgehead atoms. The Morgan fingerprint density at radius 2 is 1.71 bits per heavy atom. The first-order valence-electron chi connectivity index (χ1n) is 9.79. The summed E-state index contributed by atoms with van der Waals surface area (Å²) in [6, 6.07) is 18.2. The molecular formula is C23H27N3O2. The molecular weight excluding hydrogens is 350 g/mol. The molecule has 0 spiro atoms. The Labute approximate surface area is 166 Å². The Balaban J connectivity index is 1.41.